The summed E-state index contributed by atoms with van der Waals surface area (Å²) >= 11 is 0. The maximum Gasteiger partial charge on any atom is 0.123 e. The van der Waals surface area contributed by atoms with Crippen molar-refractivity contribution in [1.82, 2.24) is 9.97 Å². The molecule has 4 heteroatoms. The number of nitrogens with zero attached hydrogens (tertiary/aromatic N) is 1. The van der Waals surface area contributed by atoms with Gasteiger partial charge in [0.05, 0.1) is 11.4 Å². The second-order valence-corrected chi connectivity index (χ2v) is 3.36. The second kappa shape index (κ2) is 3.82. The molecule has 2 aromatic rings. The number of H-pyrrole nitrogens is 1. The third kappa shape index (κ3) is 1.89. The van der Waals surface area contributed by atoms with Crippen LogP contribution in [0.3, 0.4) is 0 Å². The lowest BCUT2D eigenvalue weighted by Gasteiger charge is -1.99. The molecule has 1 aromatic heterocycles. The summed E-state index contributed by atoms with van der Waals surface area (Å²) in [5.74, 6) is 0.565. The molecule has 1 aromatic carbocycles. The molecule has 0 amide bonds. The molecule has 0 unspecified atom stereocenters. The molecule has 0 bridgehead atoms. The van der Waals surface area contributed by atoms with Crippen molar-refractivity contribution in [2.24, 2.45) is 5.73 Å². The quantitative estimate of drug-likeness (QED) is 0.787. The highest BCUT2D eigenvalue weighted by Gasteiger charge is 2.08. The molecule has 78 valence electrons. The first-order valence-corrected chi connectivity index (χ1v) is 4.72. The molecule has 0 fully saturated rings. The summed E-state index contributed by atoms with van der Waals surface area (Å²) in [5, 5.41) is 0. The monoisotopic (exact) mass is 205 g/mol. The molecule has 3 N–H and O–H groups in total. The zero-order valence-electron chi connectivity index (χ0n) is 8.42. The molecule has 0 spiro atoms. The van der Waals surface area contributed by atoms with E-state index in [0.717, 1.165) is 22.8 Å². The van der Waals surface area contributed by atoms with Crippen molar-refractivity contribution in [3.05, 3.63) is 41.6 Å². The third-order valence-electron chi connectivity index (χ3n) is 2.22. The van der Waals surface area contributed by atoms with Gasteiger partial charge in [-0.25, -0.2) is 9.37 Å². The van der Waals surface area contributed by atoms with Crippen LogP contribution in [0.4, 0.5) is 4.39 Å². The van der Waals surface area contributed by atoms with Crippen LogP contribution in [0.25, 0.3) is 11.3 Å². The van der Waals surface area contributed by atoms with Gasteiger partial charge in [-0.1, -0.05) is 0 Å². The first kappa shape index (κ1) is 9.86. The Balaban J connectivity index is 2.48. The molecule has 0 radical (unpaired) electrons. The normalized spacial score (nSPS) is 10.6. The van der Waals surface area contributed by atoms with Crippen molar-refractivity contribution < 1.29 is 4.39 Å². The van der Waals surface area contributed by atoms with Gasteiger partial charge in [0.25, 0.3) is 0 Å². The number of aryl methyl sites for hydroxylation is 1. The van der Waals surface area contributed by atoms with Crippen molar-refractivity contribution in [1.29, 1.82) is 0 Å². The SMILES string of the molecule is Cc1nc(-c2ccc(F)cc2)c(CN)[nH]1. The molecule has 0 aliphatic heterocycles. The number of rotatable bonds is 2. The summed E-state index contributed by atoms with van der Waals surface area (Å²) < 4.78 is 12.7. The van der Waals surface area contributed by atoms with Gasteiger partial charge in [-0.05, 0) is 31.2 Å². The topological polar surface area (TPSA) is 54.7 Å². The predicted octanol–water partition coefficient (Wildman–Crippen LogP) is 1.98. The van der Waals surface area contributed by atoms with E-state index in [1.807, 2.05) is 6.92 Å². The van der Waals surface area contributed by atoms with Crippen LogP contribution in [0.15, 0.2) is 24.3 Å². The molecule has 2 rings (SSSR count). The lowest BCUT2D eigenvalue weighted by atomic mass is 10.1. The number of nitrogens with one attached hydrogen (secondary N) is 1. The van der Waals surface area contributed by atoms with Crippen molar-refractivity contribution in [2.75, 3.05) is 0 Å². The van der Waals surface area contributed by atoms with Crippen LogP contribution < -0.4 is 5.73 Å². The van der Waals surface area contributed by atoms with Crippen LogP contribution in [0.5, 0.6) is 0 Å². The van der Waals surface area contributed by atoms with Crippen LogP contribution in [-0.4, -0.2) is 9.97 Å². The Morgan fingerprint density at radius 1 is 1.33 bits per heavy atom. The number of aromatic nitrogens is 2. The highest BCUT2D eigenvalue weighted by atomic mass is 19.1. The van der Waals surface area contributed by atoms with Crippen LogP contribution in [-0.2, 0) is 6.54 Å². The van der Waals surface area contributed by atoms with Crippen LogP contribution >= 0.6 is 0 Å². The molecule has 1 heterocycles. The zero-order valence-corrected chi connectivity index (χ0v) is 8.42. The molecule has 0 saturated heterocycles. The zero-order chi connectivity index (χ0) is 10.8. The van der Waals surface area contributed by atoms with E-state index in [0.29, 0.717) is 6.54 Å². The van der Waals surface area contributed by atoms with E-state index in [9.17, 15) is 4.39 Å². The molecular formula is C11H12FN3. The minimum Gasteiger partial charge on any atom is -0.345 e. The minimum atomic E-state index is -0.250. The first-order valence-electron chi connectivity index (χ1n) is 4.72. The number of aromatic amines is 1. The predicted molar refractivity (Wildman–Crippen MR) is 56.6 cm³/mol. The average Bonchev–Trinajstić information content (AvgIpc) is 2.61. The molecule has 0 saturated carbocycles. The summed E-state index contributed by atoms with van der Waals surface area (Å²) in [4.78, 5) is 7.40. The Morgan fingerprint density at radius 2 is 2.00 bits per heavy atom. The smallest absolute Gasteiger partial charge is 0.123 e. The van der Waals surface area contributed by atoms with Gasteiger partial charge in [0.2, 0.25) is 0 Å². The molecule has 15 heavy (non-hydrogen) atoms. The van der Waals surface area contributed by atoms with Gasteiger partial charge in [0, 0.05) is 12.1 Å². The van der Waals surface area contributed by atoms with Gasteiger partial charge in [0.1, 0.15) is 11.6 Å². The van der Waals surface area contributed by atoms with E-state index in [-0.39, 0.29) is 5.82 Å². The van der Waals surface area contributed by atoms with Gasteiger partial charge in [0.15, 0.2) is 0 Å². The van der Waals surface area contributed by atoms with E-state index in [2.05, 4.69) is 9.97 Å². The number of imidazole rings is 1. The second-order valence-electron chi connectivity index (χ2n) is 3.36. The molecule has 0 aliphatic rings. The van der Waals surface area contributed by atoms with E-state index >= 15 is 0 Å². The number of hydrogen-bond acceptors (Lipinski definition) is 2. The van der Waals surface area contributed by atoms with Gasteiger partial charge >= 0.3 is 0 Å². The molecular weight excluding hydrogens is 193 g/mol. The standard InChI is InChI=1S/C11H12FN3/c1-7-14-10(6-13)11(15-7)8-2-4-9(12)5-3-8/h2-5H,6,13H2,1H3,(H,14,15). The number of nitrogens with two attached hydrogens (primary N) is 1. The van der Waals surface area contributed by atoms with Crippen LogP contribution in [0, 0.1) is 12.7 Å². The Hall–Kier alpha value is -1.68. The Morgan fingerprint density at radius 3 is 2.60 bits per heavy atom. The van der Waals surface area contributed by atoms with E-state index < -0.39 is 0 Å². The van der Waals surface area contributed by atoms with E-state index in [1.54, 1.807) is 12.1 Å². The van der Waals surface area contributed by atoms with E-state index in [4.69, 9.17) is 5.73 Å². The van der Waals surface area contributed by atoms with Gasteiger partial charge < -0.3 is 10.7 Å². The van der Waals surface area contributed by atoms with Crippen LogP contribution in [0.1, 0.15) is 11.5 Å². The maximum absolute atomic E-state index is 12.7. The summed E-state index contributed by atoms with van der Waals surface area (Å²) in [6, 6.07) is 6.23. The van der Waals surface area contributed by atoms with Gasteiger partial charge in [-0.3, -0.25) is 0 Å². The molecule has 0 atom stereocenters. The summed E-state index contributed by atoms with van der Waals surface area (Å²) in [5.41, 5.74) is 8.14. The fraction of sp³-hybridized carbons (Fsp3) is 0.182. The summed E-state index contributed by atoms with van der Waals surface area (Å²) in [7, 11) is 0. The summed E-state index contributed by atoms with van der Waals surface area (Å²) in [6.07, 6.45) is 0. The fourth-order valence-corrected chi connectivity index (χ4v) is 1.53. The Kier molecular flexibility index (Phi) is 2.51. The number of halogens is 1. The minimum absolute atomic E-state index is 0.250. The third-order valence-corrected chi connectivity index (χ3v) is 2.22. The lowest BCUT2D eigenvalue weighted by Crippen LogP contribution is -1.98. The Bertz CT molecular complexity index is 459. The number of hydrogen-bond donors (Lipinski definition) is 2. The Labute approximate surface area is 87.2 Å². The first-order chi connectivity index (χ1) is 7.20. The van der Waals surface area contributed by atoms with E-state index in [1.165, 1.54) is 12.1 Å². The molecule has 0 aliphatic carbocycles. The van der Waals surface area contributed by atoms with Gasteiger partial charge in [-0.15, -0.1) is 0 Å². The lowest BCUT2D eigenvalue weighted by molar-refractivity contribution is 0.628. The van der Waals surface area contributed by atoms with Gasteiger partial charge in [-0.2, -0.15) is 0 Å². The highest BCUT2D eigenvalue weighted by Crippen LogP contribution is 2.21. The van der Waals surface area contributed by atoms with Crippen molar-refractivity contribution in [3.8, 4) is 11.3 Å². The van der Waals surface area contributed by atoms with Crippen LogP contribution in [0.2, 0.25) is 0 Å². The summed E-state index contributed by atoms with van der Waals surface area (Å²) in [6.45, 7) is 2.26. The average molecular weight is 205 g/mol. The maximum atomic E-state index is 12.7. The fourth-order valence-electron chi connectivity index (χ4n) is 1.53. The molecule has 3 nitrogen and oxygen atoms in total. The van der Waals surface area contributed by atoms with Crippen molar-refractivity contribution in [2.45, 2.75) is 13.5 Å². The largest absolute Gasteiger partial charge is 0.345 e. The highest BCUT2D eigenvalue weighted by molar-refractivity contribution is 5.61. The van der Waals surface area contributed by atoms with Crippen molar-refractivity contribution in [3.63, 3.8) is 0 Å². The number of benzene rings is 1. The van der Waals surface area contributed by atoms with Crippen molar-refractivity contribution >= 4 is 0 Å².